The topological polar surface area (TPSA) is 121 Å². The van der Waals surface area contributed by atoms with Crippen molar-refractivity contribution >= 4 is 36.7 Å². The third kappa shape index (κ3) is 21.4. The van der Waals surface area contributed by atoms with E-state index in [1.165, 1.54) is 0 Å². The lowest BCUT2D eigenvalue weighted by atomic mass is 10.2. The number of allylic oxidation sites excluding steroid dienone is 1. The number of nitrogens with two attached hydrogens (primary N) is 3. The molecule has 0 aliphatic rings. The van der Waals surface area contributed by atoms with Crippen molar-refractivity contribution in [3.63, 3.8) is 0 Å². The molecule has 0 radical (unpaired) electrons. The Labute approximate surface area is 139 Å². The number of halogens is 2. The second-order valence-corrected chi connectivity index (χ2v) is 3.89. The first-order valence-corrected chi connectivity index (χ1v) is 6.06. The molecular formula is C13H27Cl2N3O3. The molecule has 6 N–H and O–H groups in total. The minimum absolute atomic E-state index is 0. The molecule has 0 unspecified atom stereocenters. The van der Waals surface area contributed by atoms with E-state index in [-0.39, 0.29) is 43.3 Å². The molecule has 0 saturated heterocycles. The van der Waals surface area contributed by atoms with Crippen molar-refractivity contribution in [3.8, 4) is 0 Å². The smallest absolute Gasteiger partial charge is 0.333 e. The fourth-order valence-electron chi connectivity index (χ4n) is 0.812. The van der Waals surface area contributed by atoms with E-state index in [0.717, 1.165) is 12.8 Å². The zero-order valence-electron chi connectivity index (χ0n) is 12.6. The molecule has 0 bridgehead atoms. The van der Waals surface area contributed by atoms with Crippen molar-refractivity contribution < 1.29 is 14.3 Å². The Morgan fingerprint density at radius 2 is 1.67 bits per heavy atom. The normalized spacial score (nSPS) is 9.24. The Hall–Kier alpha value is -1.08. The van der Waals surface area contributed by atoms with Crippen LogP contribution >= 0.6 is 24.8 Å². The van der Waals surface area contributed by atoms with E-state index in [4.69, 9.17) is 17.2 Å². The van der Waals surface area contributed by atoms with Gasteiger partial charge < -0.3 is 21.9 Å². The highest BCUT2D eigenvalue weighted by Crippen LogP contribution is 1.95. The van der Waals surface area contributed by atoms with Gasteiger partial charge in [-0.15, -0.1) is 24.8 Å². The summed E-state index contributed by atoms with van der Waals surface area (Å²) in [4.78, 5) is 20.9. The van der Waals surface area contributed by atoms with Crippen LogP contribution in [0.25, 0.3) is 0 Å². The lowest BCUT2D eigenvalue weighted by molar-refractivity contribution is -0.138. The van der Waals surface area contributed by atoms with Gasteiger partial charge in [-0.2, -0.15) is 0 Å². The van der Waals surface area contributed by atoms with Crippen molar-refractivity contribution in [2.45, 2.75) is 26.7 Å². The largest absolute Gasteiger partial charge is 0.461 e. The first-order chi connectivity index (χ1) is 8.86. The molecule has 0 aromatic rings. The van der Waals surface area contributed by atoms with Gasteiger partial charge in [0.25, 0.3) is 0 Å². The maximum absolute atomic E-state index is 10.5. The standard InChI is InChI=1S/C7H14N2O.C6H11NO2.2ClH/c1-6(7(9)10)4-2-3-5-8;1-5(2)6(8)9-4-3-7;;/h4H,2-3,5,8H2,1H3,(H2,9,10);1,3-4,7H2,2H3;2*1H/b6-4+;;;. The van der Waals surface area contributed by atoms with Gasteiger partial charge in [0.1, 0.15) is 6.61 Å². The summed E-state index contributed by atoms with van der Waals surface area (Å²) in [5.74, 6) is -0.725. The molecule has 0 spiro atoms. The Kier molecular flexibility index (Phi) is 25.3. The molecular weight excluding hydrogens is 317 g/mol. The van der Waals surface area contributed by atoms with Crippen LogP contribution in [0.4, 0.5) is 0 Å². The molecule has 0 aromatic heterocycles. The van der Waals surface area contributed by atoms with Crippen LogP contribution in [-0.4, -0.2) is 31.6 Å². The number of hydrogen-bond acceptors (Lipinski definition) is 5. The summed E-state index contributed by atoms with van der Waals surface area (Å²) < 4.78 is 4.59. The van der Waals surface area contributed by atoms with Crippen LogP contribution in [0.1, 0.15) is 26.7 Å². The van der Waals surface area contributed by atoms with E-state index >= 15 is 0 Å². The van der Waals surface area contributed by atoms with E-state index in [9.17, 15) is 9.59 Å². The van der Waals surface area contributed by atoms with Crippen molar-refractivity contribution in [1.29, 1.82) is 0 Å². The maximum Gasteiger partial charge on any atom is 0.333 e. The van der Waals surface area contributed by atoms with Crippen LogP contribution in [0.3, 0.4) is 0 Å². The number of hydrogen-bond donors (Lipinski definition) is 3. The maximum atomic E-state index is 10.5. The minimum Gasteiger partial charge on any atom is -0.461 e. The monoisotopic (exact) mass is 343 g/mol. The predicted molar refractivity (Wildman–Crippen MR) is 90.6 cm³/mol. The van der Waals surface area contributed by atoms with Gasteiger partial charge in [0.2, 0.25) is 5.91 Å². The Bertz CT molecular complexity index is 335. The first kappa shape index (κ1) is 28.1. The quantitative estimate of drug-likeness (QED) is 0.362. The number of ether oxygens (including phenoxy) is 1. The van der Waals surface area contributed by atoms with Crippen LogP contribution in [-0.2, 0) is 14.3 Å². The fraction of sp³-hybridized carbons (Fsp3) is 0.538. The summed E-state index contributed by atoms with van der Waals surface area (Å²) in [6.07, 6.45) is 3.56. The average Bonchev–Trinajstić information content (AvgIpc) is 2.36. The van der Waals surface area contributed by atoms with E-state index in [1.807, 2.05) is 6.08 Å². The second-order valence-electron chi connectivity index (χ2n) is 3.89. The SMILES string of the molecule is C/C(=C\CCCN)C(N)=O.C=C(C)C(=O)OCCN.Cl.Cl. The molecule has 0 aromatic carbocycles. The highest BCUT2D eigenvalue weighted by Gasteiger charge is 1.99. The molecule has 0 rings (SSSR count). The third-order valence-electron chi connectivity index (χ3n) is 1.95. The van der Waals surface area contributed by atoms with E-state index in [1.54, 1.807) is 13.8 Å². The molecule has 126 valence electrons. The van der Waals surface area contributed by atoms with Crippen LogP contribution in [0.2, 0.25) is 0 Å². The summed E-state index contributed by atoms with van der Waals surface area (Å²) in [6, 6.07) is 0. The number of primary amides is 1. The van der Waals surface area contributed by atoms with E-state index in [0.29, 0.717) is 24.2 Å². The molecule has 0 fully saturated rings. The zero-order valence-corrected chi connectivity index (χ0v) is 14.2. The number of esters is 1. The molecule has 21 heavy (non-hydrogen) atoms. The molecule has 0 saturated carbocycles. The van der Waals surface area contributed by atoms with Gasteiger partial charge in [-0.05, 0) is 33.2 Å². The van der Waals surface area contributed by atoms with Gasteiger partial charge >= 0.3 is 5.97 Å². The molecule has 0 atom stereocenters. The fourth-order valence-corrected chi connectivity index (χ4v) is 0.812. The molecule has 1 amide bonds. The summed E-state index contributed by atoms with van der Waals surface area (Å²) in [5.41, 5.74) is 16.3. The Morgan fingerprint density at radius 3 is 2.00 bits per heavy atom. The van der Waals surface area contributed by atoms with Crippen molar-refractivity contribution in [2.75, 3.05) is 19.7 Å². The number of amides is 1. The number of carbonyl (C=O) groups excluding carboxylic acids is 2. The first-order valence-electron chi connectivity index (χ1n) is 6.06. The zero-order chi connectivity index (χ0) is 15.3. The van der Waals surface area contributed by atoms with Crippen LogP contribution in [0.15, 0.2) is 23.8 Å². The van der Waals surface area contributed by atoms with Gasteiger partial charge in [-0.3, -0.25) is 4.79 Å². The van der Waals surface area contributed by atoms with E-state index in [2.05, 4.69) is 11.3 Å². The number of unbranched alkanes of at least 4 members (excludes halogenated alkanes) is 1. The minimum atomic E-state index is -0.375. The summed E-state index contributed by atoms with van der Waals surface area (Å²) in [7, 11) is 0. The van der Waals surface area contributed by atoms with E-state index < -0.39 is 0 Å². The lowest BCUT2D eigenvalue weighted by Crippen LogP contribution is -2.13. The van der Waals surface area contributed by atoms with Crippen molar-refractivity contribution in [1.82, 2.24) is 0 Å². The molecule has 6 nitrogen and oxygen atoms in total. The Morgan fingerprint density at radius 1 is 1.14 bits per heavy atom. The van der Waals surface area contributed by atoms with Gasteiger partial charge in [0.05, 0.1) is 0 Å². The lowest BCUT2D eigenvalue weighted by Gasteiger charge is -1.99. The van der Waals surface area contributed by atoms with Gasteiger partial charge in [0, 0.05) is 17.7 Å². The molecule has 8 heteroatoms. The highest BCUT2D eigenvalue weighted by atomic mass is 35.5. The highest BCUT2D eigenvalue weighted by molar-refractivity contribution is 5.91. The van der Waals surface area contributed by atoms with Gasteiger partial charge in [-0.1, -0.05) is 12.7 Å². The summed E-state index contributed by atoms with van der Waals surface area (Å²) >= 11 is 0. The molecule has 0 aliphatic heterocycles. The molecule has 0 aliphatic carbocycles. The van der Waals surface area contributed by atoms with Crippen molar-refractivity contribution in [2.24, 2.45) is 17.2 Å². The van der Waals surface area contributed by atoms with Crippen LogP contribution in [0.5, 0.6) is 0 Å². The number of carbonyl (C=O) groups is 2. The number of rotatable bonds is 7. The summed E-state index contributed by atoms with van der Waals surface area (Å²) in [6.45, 7) is 7.98. The molecule has 0 heterocycles. The van der Waals surface area contributed by atoms with Gasteiger partial charge in [-0.25, -0.2) is 4.79 Å². The van der Waals surface area contributed by atoms with Crippen LogP contribution in [0, 0.1) is 0 Å². The third-order valence-corrected chi connectivity index (χ3v) is 1.95. The second kappa shape index (κ2) is 18.9. The van der Waals surface area contributed by atoms with Gasteiger partial charge in [0.15, 0.2) is 0 Å². The average molecular weight is 344 g/mol. The van der Waals surface area contributed by atoms with Crippen LogP contribution < -0.4 is 17.2 Å². The predicted octanol–water partition coefficient (Wildman–Crippen LogP) is 1.06. The Balaban J connectivity index is -0.000000126. The summed E-state index contributed by atoms with van der Waals surface area (Å²) in [5, 5.41) is 0. The van der Waals surface area contributed by atoms with Crippen molar-refractivity contribution in [3.05, 3.63) is 23.8 Å².